The van der Waals surface area contributed by atoms with Gasteiger partial charge in [-0.05, 0) is 47.5 Å². The molecule has 0 bridgehead atoms. The molecule has 0 aliphatic carbocycles. The molecular formula is C23H20FNO2. The summed E-state index contributed by atoms with van der Waals surface area (Å²) in [6, 6.07) is 24.4. The number of rotatable bonds is 7. The molecule has 0 radical (unpaired) electrons. The fourth-order valence-corrected chi connectivity index (χ4v) is 2.95. The van der Waals surface area contributed by atoms with Crippen LogP contribution in [0.1, 0.15) is 16.9 Å². The summed E-state index contributed by atoms with van der Waals surface area (Å²) in [5.41, 5.74) is 2.88. The van der Waals surface area contributed by atoms with Crippen LogP contribution >= 0.6 is 0 Å². The van der Waals surface area contributed by atoms with Crippen LogP contribution in [0.5, 0.6) is 5.75 Å². The number of ether oxygens (including phenoxy) is 1. The lowest BCUT2D eigenvalue weighted by Crippen LogP contribution is -2.11. The van der Waals surface area contributed by atoms with Crippen LogP contribution in [-0.2, 0) is 19.7 Å². The maximum absolute atomic E-state index is 13.2. The fourth-order valence-electron chi connectivity index (χ4n) is 2.95. The van der Waals surface area contributed by atoms with Gasteiger partial charge in [0.1, 0.15) is 29.5 Å². The van der Waals surface area contributed by atoms with E-state index in [1.165, 1.54) is 12.1 Å². The highest BCUT2D eigenvalue weighted by molar-refractivity contribution is 5.77. The molecule has 4 heteroatoms. The maximum Gasteiger partial charge on any atom is 0.134 e. The zero-order chi connectivity index (χ0) is 18.5. The van der Waals surface area contributed by atoms with Gasteiger partial charge >= 0.3 is 0 Å². The molecule has 4 aromatic rings. The zero-order valence-electron chi connectivity index (χ0n) is 14.8. The van der Waals surface area contributed by atoms with Gasteiger partial charge in [-0.15, -0.1) is 0 Å². The third-order valence-electron chi connectivity index (χ3n) is 4.32. The number of fused-ring (bicyclic) bond motifs is 1. The van der Waals surface area contributed by atoms with Gasteiger partial charge in [-0.25, -0.2) is 4.39 Å². The van der Waals surface area contributed by atoms with Crippen LogP contribution < -0.4 is 10.1 Å². The third kappa shape index (κ3) is 4.54. The lowest BCUT2D eigenvalue weighted by Gasteiger charge is -2.08. The SMILES string of the molecule is Fc1cccc(COc2ccc(CNCc3cc4ccccc4o3)cc2)c1. The van der Waals surface area contributed by atoms with Crippen molar-refractivity contribution in [1.82, 2.24) is 5.32 Å². The average Bonchev–Trinajstić information content (AvgIpc) is 3.10. The van der Waals surface area contributed by atoms with E-state index >= 15 is 0 Å². The molecule has 0 atom stereocenters. The molecule has 0 aliphatic heterocycles. The van der Waals surface area contributed by atoms with Gasteiger partial charge in [0.05, 0.1) is 6.54 Å². The molecule has 1 heterocycles. The molecule has 1 aromatic heterocycles. The van der Waals surface area contributed by atoms with E-state index in [0.29, 0.717) is 13.2 Å². The first kappa shape index (κ1) is 17.3. The molecule has 0 saturated heterocycles. The Balaban J connectivity index is 1.27. The highest BCUT2D eigenvalue weighted by Crippen LogP contribution is 2.19. The Kier molecular flexibility index (Phi) is 5.17. The van der Waals surface area contributed by atoms with E-state index in [4.69, 9.17) is 9.15 Å². The van der Waals surface area contributed by atoms with Crippen LogP contribution in [0.3, 0.4) is 0 Å². The van der Waals surface area contributed by atoms with Crippen molar-refractivity contribution in [3.8, 4) is 5.75 Å². The lowest BCUT2D eigenvalue weighted by atomic mass is 10.2. The Morgan fingerprint density at radius 3 is 2.48 bits per heavy atom. The van der Waals surface area contributed by atoms with E-state index in [9.17, 15) is 4.39 Å². The summed E-state index contributed by atoms with van der Waals surface area (Å²) in [6.45, 7) is 1.76. The molecule has 1 N–H and O–H groups in total. The standard InChI is InChI=1S/C23H20FNO2/c24-20-6-3-4-18(12-20)16-26-21-10-8-17(9-11-21)14-25-15-22-13-19-5-1-2-7-23(19)27-22/h1-13,25H,14-16H2. The van der Waals surface area contributed by atoms with Gasteiger partial charge in [-0.2, -0.15) is 0 Å². The molecule has 0 spiro atoms. The van der Waals surface area contributed by atoms with Gasteiger partial charge < -0.3 is 14.5 Å². The summed E-state index contributed by atoms with van der Waals surface area (Å²) in [5.74, 6) is 1.44. The summed E-state index contributed by atoms with van der Waals surface area (Å²) < 4.78 is 24.7. The molecular weight excluding hydrogens is 341 g/mol. The van der Waals surface area contributed by atoms with Gasteiger partial charge in [-0.3, -0.25) is 0 Å². The van der Waals surface area contributed by atoms with Crippen molar-refractivity contribution in [2.24, 2.45) is 0 Å². The molecule has 0 amide bonds. The molecule has 0 fully saturated rings. The smallest absolute Gasteiger partial charge is 0.134 e. The summed E-state index contributed by atoms with van der Waals surface area (Å²) in [6.07, 6.45) is 0. The first-order valence-corrected chi connectivity index (χ1v) is 8.91. The van der Waals surface area contributed by atoms with Crippen LogP contribution in [0.25, 0.3) is 11.0 Å². The number of hydrogen-bond acceptors (Lipinski definition) is 3. The van der Waals surface area contributed by atoms with Crippen molar-refractivity contribution in [3.05, 3.63) is 102 Å². The van der Waals surface area contributed by atoms with Gasteiger partial charge in [0.15, 0.2) is 0 Å². The van der Waals surface area contributed by atoms with Crippen molar-refractivity contribution in [2.45, 2.75) is 19.7 Å². The van der Waals surface area contributed by atoms with Crippen LogP contribution in [0.2, 0.25) is 0 Å². The van der Waals surface area contributed by atoms with E-state index < -0.39 is 0 Å². The first-order valence-electron chi connectivity index (χ1n) is 8.91. The van der Waals surface area contributed by atoms with Crippen LogP contribution in [0, 0.1) is 5.82 Å². The van der Waals surface area contributed by atoms with Gasteiger partial charge in [-0.1, -0.05) is 42.5 Å². The number of halogens is 1. The second-order valence-corrected chi connectivity index (χ2v) is 6.42. The Hall–Kier alpha value is -3.11. The van der Waals surface area contributed by atoms with Crippen molar-refractivity contribution in [1.29, 1.82) is 0 Å². The summed E-state index contributed by atoms with van der Waals surface area (Å²) in [4.78, 5) is 0. The van der Waals surface area contributed by atoms with Gasteiger partial charge in [0, 0.05) is 11.9 Å². The van der Waals surface area contributed by atoms with Gasteiger partial charge in [0.25, 0.3) is 0 Å². The highest BCUT2D eigenvalue weighted by atomic mass is 19.1. The molecule has 3 aromatic carbocycles. The quantitative estimate of drug-likeness (QED) is 0.476. The number of hydrogen-bond donors (Lipinski definition) is 1. The van der Waals surface area contributed by atoms with Crippen molar-refractivity contribution < 1.29 is 13.5 Å². The minimum Gasteiger partial charge on any atom is -0.489 e. The number of benzene rings is 3. The van der Waals surface area contributed by atoms with Crippen molar-refractivity contribution >= 4 is 11.0 Å². The molecule has 0 aliphatic rings. The normalized spacial score (nSPS) is 11.0. The number of furan rings is 1. The Morgan fingerprint density at radius 2 is 1.67 bits per heavy atom. The monoisotopic (exact) mass is 361 g/mol. The molecule has 3 nitrogen and oxygen atoms in total. The molecule has 136 valence electrons. The fraction of sp³-hybridized carbons (Fsp3) is 0.130. The lowest BCUT2D eigenvalue weighted by molar-refractivity contribution is 0.305. The van der Waals surface area contributed by atoms with E-state index in [1.54, 1.807) is 6.07 Å². The average molecular weight is 361 g/mol. The molecule has 4 rings (SSSR count). The predicted octanol–water partition coefficient (Wildman–Crippen LogP) is 5.44. The van der Waals surface area contributed by atoms with E-state index in [1.807, 2.05) is 54.6 Å². The summed E-state index contributed by atoms with van der Waals surface area (Å²) >= 11 is 0. The maximum atomic E-state index is 13.2. The van der Waals surface area contributed by atoms with Crippen molar-refractivity contribution in [2.75, 3.05) is 0 Å². The second-order valence-electron chi connectivity index (χ2n) is 6.42. The largest absolute Gasteiger partial charge is 0.489 e. The summed E-state index contributed by atoms with van der Waals surface area (Å²) in [5, 5.41) is 4.51. The number of para-hydroxylation sites is 1. The molecule has 0 unspecified atom stereocenters. The summed E-state index contributed by atoms with van der Waals surface area (Å²) in [7, 11) is 0. The van der Waals surface area contributed by atoms with Crippen LogP contribution in [0.4, 0.5) is 4.39 Å². The van der Waals surface area contributed by atoms with E-state index in [-0.39, 0.29) is 5.82 Å². The first-order chi connectivity index (χ1) is 13.3. The Bertz CT molecular complexity index is 991. The van der Waals surface area contributed by atoms with Crippen molar-refractivity contribution in [3.63, 3.8) is 0 Å². The minimum atomic E-state index is -0.248. The second kappa shape index (κ2) is 8.06. The van der Waals surface area contributed by atoms with Crippen LogP contribution in [-0.4, -0.2) is 0 Å². The highest BCUT2D eigenvalue weighted by Gasteiger charge is 2.03. The molecule has 27 heavy (non-hydrogen) atoms. The van der Waals surface area contributed by atoms with Crippen LogP contribution in [0.15, 0.2) is 83.3 Å². The van der Waals surface area contributed by atoms with E-state index in [2.05, 4.69) is 11.4 Å². The topological polar surface area (TPSA) is 34.4 Å². The predicted molar refractivity (Wildman–Crippen MR) is 104 cm³/mol. The Labute approximate surface area is 157 Å². The van der Waals surface area contributed by atoms with Gasteiger partial charge in [0.2, 0.25) is 0 Å². The minimum absolute atomic E-state index is 0.248. The third-order valence-corrected chi connectivity index (χ3v) is 4.32. The van der Waals surface area contributed by atoms with E-state index in [0.717, 1.165) is 40.2 Å². The molecule has 0 saturated carbocycles. The Morgan fingerprint density at radius 1 is 0.815 bits per heavy atom. The number of nitrogens with one attached hydrogen (secondary N) is 1. The zero-order valence-corrected chi connectivity index (χ0v) is 14.8.